The molecule has 4 rings (SSSR count). The van der Waals surface area contributed by atoms with E-state index in [9.17, 15) is 19.8 Å². The Bertz CT molecular complexity index is 1300. The molecule has 1 saturated heterocycles. The predicted octanol–water partition coefficient (Wildman–Crippen LogP) is 3.87. The van der Waals surface area contributed by atoms with Crippen LogP contribution < -0.4 is 15.4 Å². The molecule has 5 N–H and O–H groups in total. The first kappa shape index (κ1) is 29.1. The van der Waals surface area contributed by atoms with Gasteiger partial charge in [-0.2, -0.15) is 0 Å². The summed E-state index contributed by atoms with van der Waals surface area (Å²) in [4.78, 5) is 28.2. The predicted molar refractivity (Wildman–Crippen MR) is 156 cm³/mol. The molecular formula is C28H29ClIN3O6. The molecule has 0 aliphatic carbocycles. The van der Waals surface area contributed by atoms with Crippen LogP contribution in [0.1, 0.15) is 30.0 Å². The fourth-order valence-electron chi connectivity index (χ4n) is 4.46. The molecule has 3 amide bonds. The van der Waals surface area contributed by atoms with E-state index >= 15 is 0 Å². The lowest BCUT2D eigenvalue weighted by atomic mass is 9.91. The summed E-state index contributed by atoms with van der Waals surface area (Å²) in [5.41, 5.74) is 1.82. The van der Waals surface area contributed by atoms with Gasteiger partial charge in [0, 0.05) is 9.49 Å². The lowest BCUT2D eigenvalue weighted by molar-refractivity contribution is -0.124. The molecule has 0 unspecified atom stereocenters. The molecule has 0 spiro atoms. The van der Waals surface area contributed by atoms with Gasteiger partial charge in [-0.25, -0.2) is 4.79 Å². The van der Waals surface area contributed by atoms with Crippen LogP contribution in [0.4, 0.5) is 10.5 Å². The highest BCUT2D eigenvalue weighted by molar-refractivity contribution is 14.1. The number of aliphatic hydroxyl groups is 3. The number of carbonyl (C=O) groups excluding carboxylic acids is 2. The van der Waals surface area contributed by atoms with Crippen molar-refractivity contribution in [3.8, 4) is 5.75 Å². The minimum atomic E-state index is -1.35. The summed E-state index contributed by atoms with van der Waals surface area (Å²) in [5, 5.41) is 35.8. The number of urea groups is 1. The van der Waals surface area contributed by atoms with Gasteiger partial charge in [-0.3, -0.25) is 9.69 Å². The van der Waals surface area contributed by atoms with E-state index in [4.69, 9.17) is 21.4 Å². The van der Waals surface area contributed by atoms with E-state index in [1.807, 2.05) is 43.3 Å². The van der Waals surface area contributed by atoms with Crippen molar-refractivity contribution in [1.82, 2.24) is 10.2 Å². The molecule has 1 aliphatic heterocycles. The van der Waals surface area contributed by atoms with E-state index in [1.165, 1.54) is 4.90 Å². The van der Waals surface area contributed by atoms with Gasteiger partial charge in [0.25, 0.3) is 0 Å². The van der Waals surface area contributed by atoms with Crippen molar-refractivity contribution in [2.24, 2.45) is 0 Å². The second kappa shape index (κ2) is 13.0. The monoisotopic (exact) mass is 665 g/mol. The topological polar surface area (TPSA) is 131 Å². The zero-order chi connectivity index (χ0) is 28.1. The molecular weight excluding hydrogens is 637 g/mol. The number of amides is 3. The van der Waals surface area contributed by atoms with Crippen LogP contribution in [-0.2, 0) is 4.79 Å². The lowest BCUT2D eigenvalue weighted by Gasteiger charge is -2.34. The van der Waals surface area contributed by atoms with Gasteiger partial charge in [0.1, 0.15) is 30.5 Å². The Hall–Kier alpha value is -2.90. The Labute approximate surface area is 244 Å². The number of hydrogen-bond acceptors (Lipinski definition) is 6. The van der Waals surface area contributed by atoms with Crippen LogP contribution in [0.25, 0.3) is 0 Å². The molecule has 0 radical (unpaired) electrons. The average molecular weight is 666 g/mol. The van der Waals surface area contributed by atoms with Crippen LogP contribution in [-0.4, -0.2) is 63.7 Å². The van der Waals surface area contributed by atoms with Crippen molar-refractivity contribution in [2.45, 2.75) is 37.3 Å². The number of ether oxygens (including phenoxy) is 1. The van der Waals surface area contributed by atoms with Crippen molar-refractivity contribution in [3.63, 3.8) is 0 Å². The molecule has 3 aromatic carbocycles. The Morgan fingerprint density at radius 3 is 2.49 bits per heavy atom. The van der Waals surface area contributed by atoms with Gasteiger partial charge in [-0.1, -0.05) is 61.0 Å². The van der Waals surface area contributed by atoms with Crippen LogP contribution in [0.2, 0.25) is 5.02 Å². The normalized spacial score (nSPS) is 19.2. The fraction of sp³-hybridized carbons (Fsp3) is 0.286. The van der Waals surface area contributed by atoms with Crippen LogP contribution in [0.3, 0.4) is 0 Å². The van der Waals surface area contributed by atoms with Crippen molar-refractivity contribution < 1.29 is 29.6 Å². The van der Waals surface area contributed by atoms with E-state index in [2.05, 4.69) is 33.2 Å². The Morgan fingerprint density at radius 1 is 1.15 bits per heavy atom. The van der Waals surface area contributed by atoms with Gasteiger partial charge in [0.15, 0.2) is 6.23 Å². The summed E-state index contributed by atoms with van der Waals surface area (Å²) >= 11 is 8.48. The number of nitrogens with one attached hydrogen (secondary N) is 2. The maximum Gasteiger partial charge on any atom is 0.320 e. The number of halogens is 2. The SMILES string of the molecule is C[C@@H](c1ccccc1)[C@@H](C(=O)Nc1ccc(I)cc1Cl)N1C(=O)N[C@H](c2ccc(OC[C@@H](O)CO)cc2)[C@H]1O. The van der Waals surface area contributed by atoms with E-state index in [0.29, 0.717) is 22.0 Å². The smallest absolute Gasteiger partial charge is 0.320 e. The minimum Gasteiger partial charge on any atom is -0.491 e. The number of benzene rings is 3. The van der Waals surface area contributed by atoms with E-state index in [1.54, 1.807) is 36.4 Å². The highest BCUT2D eigenvalue weighted by Crippen LogP contribution is 2.34. The van der Waals surface area contributed by atoms with Crippen molar-refractivity contribution >= 4 is 51.8 Å². The van der Waals surface area contributed by atoms with Crippen LogP contribution in [0, 0.1) is 3.57 Å². The minimum absolute atomic E-state index is 0.0782. The Kier molecular flexibility index (Phi) is 9.67. The summed E-state index contributed by atoms with van der Waals surface area (Å²) in [7, 11) is 0. The third-order valence-corrected chi connectivity index (χ3v) is 7.53. The second-order valence-electron chi connectivity index (χ2n) is 9.22. The van der Waals surface area contributed by atoms with Gasteiger partial charge in [-0.05, 0) is 64.0 Å². The molecule has 39 heavy (non-hydrogen) atoms. The standard InChI is InChI=1S/C28H29ClIN3O6/c1-16(17-5-3-2-4-6-17)25(26(36)31-23-12-9-19(30)13-22(23)29)33-27(37)24(32-28(33)38)18-7-10-21(11-8-18)39-15-20(35)14-34/h2-13,16,20,24-25,27,34-35,37H,14-15H2,1H3,(H,31,36)(H,32,38)/t16-,20-,24+,25-,27+/m0/s1. The average Bonchev–Trinajstić information content (AvgIpc) is 3.23. The van der Waals surface area contributed by atoms with Gasteiger partial charge in [-0.15, -0.1) is 0 Å². The quantitative estimate of drug-likeness (QED) is 0.209. The molecule has 0 saturated carbocycles. The molecule has 3 aromatic rings. The summed E-state index contributed by atoms with van der Waals surface area (Å²) in [6.45, 7) is 1.33. The first-order chi connectivity index (χ1) is 18.7. The lowest BCUT2D eigenvalue weighted by Crippen LogP contribution is -2.52. The van der Waals surface area contributed by atoms with E-state index in [-0.39, 0.29) is 6.61 Å². The number of carbonyl (C=O) groups is 2. The first-order valence-electron chi connectivity index (χ1n) is 12.3. The Balaban J connectivity index is 1.60. The molecule has 1 fully saturated rings. The molecule has 1 heterocycles. The highest BCUT2D eigenvalue weighted by Gasteiger charge is 2.47. The second-order valence-corrected chi connectivity index (χ2v) is 10.9. The summed E-state index contributed by atoms with van der Waals surface area (Å²) in [5.74, 6) is -0.511. The zero-order valence-corrected chi connectivity index (χ0v) is 23.9. The third kappa shape index (κ3) is 6.82. The first-order valence-corrected chi connectivity index (χ1v) is 13.7. The van der Waals surface area contributed by atoms with Crippen LogP contribution >= 0.6 is 34.2 Å². The molecule has 0 aromatic heterocycles. The highest BCUT2D eigenvalue weighted by atomic mass is 127. The molecule has 11 heteroatoms. The summed E-state index contributed by atoms with van der Waals surface area (Å²) in [6, 6.07) is 18.7. The molecule has 1 aliphatic rings. The molecule has 0 bridgehead atoms. The number of aliphatic hydroxyl groups excluding tert-OH is 3. The summed E-state index contributed by atoms with van der Waals surface area (Å²) in [6.07, 6.45) is -2.35. The van der Waals surface area contributed by atoms with Crippen molar-refractivity contribution in [2.75, 3.05) is 18.5 Å². The molecule has 9 nitrogen and oxygen atoms in total. The maximum absolute atomic E-state index is 13.7. The van der Waals surface area contributed by atoms with Gasteiger partial charge in [0.2, 0.25) is 5.91 Å². The Morgan fingerprint density at radius 2 is 1.85 bits per heavy atom. The van der Waals surface area contributed by atoms with Gasteiger partial charge >= 0.3 is 6.03 Å². The summed E-state index contributed by atoms with van der Waals surface area (Å²) < 4.78 is 6.34. The van der Waals surface area contributed by atoms with Crippen molar-refractivity contribution in [3.05, 3.63) is 92.5 Å². The van der Waals surface area contributed by atoms with E-state index in [0.717, 1.165) is 9.13 Å². The number of hydrogen-bond donors (Lipinski definition) is 5. The van der Waals surface area contributed by atoms with Crippen LogP contribution in [0.5, 0.6) is 5.75 Å². The zero-order valence-electron chi connectivity index (χ0n) is 21.0. The number of nitrogens with zero attached hydrogens (tertiary/aromatic N) is 1. The number of anilines is 1. The maximum atomic E-state index is 13.7. The largest absolute Gasteiger partial charge is 0.491 e. The van der Waals surface area contributed by atoms with Gasteiger partial charge < -0.3 is 30.7 Å². The third-order valence-electron chi connectivity index (χ3n) is 6.55. The molecule has 206 valence electrons. The fourth-order valence-corrected chi connectivity index (χ4v) is 5.36. The number of rotatable bonds is 10. The molecule has 5 atom stereocenters. The van der Waals surface area contributed by atoms with Crippen molar-refractivity contribution in [1.29, 1.82) is 0 Å². The van der Waals surface area contributed by atoms with Gasteiger partial charge in [0.05, 0.1) is 17.3 Å². The van der Waals surface area contributed by atoms with E-state index < -0.39 is 48.9 Å². The van der Waals surface area contributed by atoms with Crippen LogP contribution in [0.15, 0.2) is 72.8 Å².